The summed E-state index contributed by atoms with van der Waals surface area (Å²) < 4.78 is 13.2. The summed E-state index contributed by atoms with van der Waals surface area (Å²) in [6, 6.07) is 9.92. The summed E-state index contributed by atoms with van der Waals surface area (Å²) in [6.07, 6.45) is 5.22. The Morgan fingerprint density at radius 2 is 1.85 bits per heavy atom. The van der Waals surface area contributed by atoms with Crippen LogP contribution in [0.15, 0.2) is 55.0 Å². The van der Waals surface area contributed by atoms with E-state index >= 15 is 0 Å². The quantitative estimate of drug-likeness (QED) is 0.462. The van der Waals surface area contributed by atoms with Gasteiger partial charge in [0.25, 0.3) is 0 Å². The van der Waals surface area contributed by atoms with E-state index in [-0.39, 0.29) is 5.82 Å². The topological polar surface area (TPSA) is 95.2 Å². The molecule has 5 rings (SSSR count). The van der Waals surface area contributed by atoms with Crippen molar-refractivity contribution < 1.29 is 4.39 Å². The molecule has 1 aromatic carbocycles. The second-order valence-electron chi connectivity index (χ2n) is 5.80. The fourth-order valence-corrected chi connectivity index (χ4v) is 2.81. The van der Waals surface area contributed by atoms with Gasteiger partial charge in [0.2, 0.25) is 0 Å². The molecular weight excluding hydrogens is 333 g/mol. The van der Waals surface area contributed by atoms with E-state index < -0.39 is 0 Å². The SMILES string of the molecule is Fc1ccc(-c2nc(Nc3cnc4[nH]ncc4c3)c3cc[nH]c3n2)cc1. The van der Waals surface area contributed by atoms with Gasteiger partial charge in [-0.2, -0.15) is 5.10 Å². The maximum atomic E-state index is 13.2. The van der Waals surface area contributed by atoms with Crippen LogP contribution in [-0.4, -0.2) is 30.1 Å². The molecule has 126 valence electrons. The Labute approximate surface area is 146 Å². The second-order valence-corrected chi connectivity index (χ2v) is 5.80. The highest BCUT2D eigenvalue weighted by Gasteiger charge is 2.11. The average Bonchev–Trinajstić information content (AvgIpc) is 3.30. The standard InChI is InChI=1S/C18H12FN7/c19-12-3-1-10(2-4-12)16-24-17-14(5-6-20-17)18(25-16)23-13-7-11-8-22-26-15(11)21-9-13/h1-9H,(H,21,22,26)(H2,20,23,24,25). The number of nitrogens with zero attached hydrogens (tertiary/aromatic N) is 4. The van der Waals surface area contributed by atoms with E-state index in [0.717, 1.165) is 27.7 Å². The van der Waals surface area contributed by atoms with Gasteiger partial charge in [-0.3, -0.25) is 5.10 Å². The molecule has 7 nitrogen and oxygen atoms in total. The number of hydrogen-bond donors (Lipinski definition) is 3. The van der Waals surface area contributed by atoms with Crippen molar-refractivity contribution in [2.75, 3.05) is 5.32 Å². The monoisotopic (exact) mass is 345 g/mol. The zero-order valence-corrected chi connectivity index (χ0v) is 13.4. The van der Waals surface area contributed by atoms with E-state index in [1.807, 2.05) is 12.1 Å². The molecule has 0 bridgehead atoms. The minimum absolute atomic E-state index is 0.299. The third kappa shape index (κ3) is 2.44. The van der Waals surface area contributed by atoms with Crippen LogP contribution in [0.4, 0.5) is 15.9 Å². The van der Waals surface area contributed by atoms with Gasteiger partial charge < -0.3 is 10.3 Å². The lowest BCUT2D eigenvalue weighted by atomic mass is 10.2. The van der Waals surface area contributed by atoms with Gasteiger partial charge in [0.1, 0.15) is 17.3 Å². The maximum Gasteiger partial charge on any atom is 0.163 e. The normalized spacial score (nSPS) is 11.3. The molecule has 0 atom stereocenters. The predicted molar refractivity (Wildman–Crippen MR) is 96.5 cm³/mol. The highest BCUT2D eigenvalue weighted by molar-refractivity contribution is 5.91. The molecule has 0 aliphatic rings. The molecule has 5 aromatic rings. The Balaban J connectivity index is 1.61. The first-order chi connectivity index (χ1) is 12.8. The van der Waals surface area contributed by atoms with Gasteiger partial charge in [-0.15, -0.1) is 0 Å². The van der Waals surface area contributed by atoms with Crippen molar-refractivity contribution in [2.24, 2.45) is 0 Å². The second kappa shape index (κ2) is 5.62. The number of aromatic nitrogens is 6. The lowest BCUT2D eigenvalue weighted by Crippen LogP contribution is -1.99. The first kappa shape index (κ1) is 14.5. The minimum atomic E-state index is -0.299. The lowest BCUT2D eigenvalue weighted by Gasteiger charge is -2.09. The number of pyridine rings is 1. The summed E-state index contributed by atoms with van der Waals surface area (Å²) in [7, 11) is 0. The van der Waals surface area contributed by atoms with Gasteiger partial charge in [0.05, 0.1) is 23.5 Å². The van der Waals surface area contributed by atoms with Gasteiger partial charge >= 0.3 is 0 Å². The molecule has 0 aliphatic heterocycles. The lowest BCUT2D eigenvalue weighted by molar-refractivity contribution is 0.628. The first-order valence-electron chi connectivity index (χ1n) is 7.93. The van der Waals surface area contributed by atoms with Crippen LogP contribution in [0.25, 0.3) is 33.5 Å². The predicted octanol–water partition coefficient (Wildman–Crippen LogP) is 3.78. The number of H-pyrrole nitrogens is 2. The van der Waals surface area contributed by atoms with E-state index in [1.165, 1.54) is 12.1 Å². The highest BCUT2D eigenvalue weighted by atomic mass is 19.1. The van der Waals surface area contributed by atoms with E-state index in [1.54, 1.807) is 30.7 Å². The van der Waals surface area contributed by atoms with Crippen LogP contribution in [0, 0.1) is 5.82 Å². The van der Waals surface area contributed by atoms with Crippen molar-refractivity contribution in [3.05, 3.63) is 60.8 Å². The number of halogens is 1. The fraction of sp³-hybridized carbons (Fsp3) is 0. The molecule has 3 N–H and O–H groups in total. The molecule has 0 fully saturated rings. The van der Waals surface area contributed by atoms with Crippen LogP contribution in [0.2, 0.25) is 0 Å². The smallest absolute Gasteiger partial charge is 0.163 e. The number of anilines is 2. The van der Waals surface area contributed by atoms with E-state index in [0.29, 0.717) is 17.3 Å². The zero-order valence-electron chi connectivity index (χ0n) is 13.4. The van der Waals surface area contributed by atoms with Crippen molar-refractivity contribution in [3.63, 3.8) is 0 Å². The molecule has 26 heavy (non-hydrogen) atoms. The number of nitrogens with one attached hydrogen (secondary N) is 3. The van der Waals surface area contributed by atoms with Crippen LogP contribution < -0.4 is 5.32 Å². The summed E-state index contributed by atoms with van der Waals surface area (Å²) in [5.41, 5.74) is 2.93. The third-order valence-corrected chi connectivity index (χ3v) is 4.07. The Bertz CT molecular complexity index is 1220. The molecular formula is C18H12FN7. The molecule has 0 unspecified atom stereocenters. The minimum Gasteiger partial charge on any atom is -0.346 e. The van der Waals surface area contributed by atoms with Gasteiger partial charge in [-0.25, -0.2) is 19.3 Å². The molecule has 0 saturated heterocycles. The van der Waals surface area contributed by atoms with Crippen molar-refractivity contribution in [3.8, 4) is 11.4 Å². The highest BCUT2D eigenvalue weighted by Crippen LogP contribution is 2.27. The summed E-state index contributed by atoms with van der Waals surface area (Å²) in [5.74, 6) is 0.840. The van der Waals surface area contributed by atoms with Gasteiger partial charge in [0, 0.05) is 17.1 Å². The largest absolute Gasteiger partial charge is 0.346 e. The van der Waals surface area contributed by atoms with Crippen molar-refractivity contribution >= 4 is 33.6 Å². The zero-order chi connectivity index (χ0) is 17.5. The number of aromatic amines is 2. The van der Waals surface area contributed by atoms with Gasteiger partial charge in [0.15, 0.2) is 11.5 Å². The number of hydrogen-bond acceptors (Lipinski definition) is 5. The molecule has 8 heteroatoms. The average molecular weight is 345 g/mol. The Kier molecular flexibility index (Phi) is 3.14. The van der Waals surface area contributed by atoms with Crippen molar-refractivity contribution in [1.29, 1.82) is 0 Å². The number of fused-ring (bicyclic) bond motifs is 2. The Morgan fingerprint density at radius 1 is 0.962 bits per heavy atom. The van der Waals surface area contributed by atoms with Crippen molar-refractivity contribution in [2.45, 2.75) is 0 Å². The summed E-state index contributed by atoms with van der Waals surface area (Å²) in [6.45, 7) is 0. The van der Waals surface area contributed by atoms with Crippen LogP contribution in [0.3, 0.4) is 0 Å². The maximum absolute atomic E-state index is 13.2. The van der Waals surface area contributed by atoms with Crippen molar-refractivity contribution in [1.82, 2.24) is 30.1 Å². The summed E-state index contributed by atoms with van der Waals surface area (Å²) in [4.78, 5) is 16.6. The third-order valence-electron chi connectivity index (χ3n) is 4.07. The molecule has 0 radical (unpaired) electrons. The number of rotatable bonds is 3. The first-order valence-corrected chi connectivity index (χ1v) is 7.93. The molecule has 0 amide bonds. The van der Waals surface area contributed by atoms with E-state index in [9.17, 15) is 4.39 Å². The van der Waals surface area contributed by atoms with Crippen LogP contribution in [0.5, 0.6) is 0 Å². The van der Waals surface area contributed by atoms with Crippen LogP contribution in [-0.2, 0) is 0 Å². The van der Waals surface area contributed by atoms with Crippen LogP contribution >= 0.6 is 0 Å². The molecule has 4 heterocycles. The number of benzene rings is 1. The fourth-order valence-electron chi connectivity index (χ4n) is 2.81. The Morgan fingerprint density at radius 3 is 2.73 bits per heavy atom. The van der Waals surface area contributed by atoms with E-state index in [2.05, 4.69) is 35.5 Å². The Hall–Kier alpha value is -3.81. The molecule has 0 spiro atoms. The molecule has 4 aromatic heterocycles. The van der Waals surface area contributed by atoms with Gasteiger partial charge in [-0.05, 0) is 36.4 Å². The molecule has 0 saturated carbocycles. The molecule has 0 aliphatic carbocycles. The summed E-state index contributed by atoms with van der Waals surface area (Å²) in [5, 5.41) is 11.8. The van der Waals surface area contributed by atoms with Crippen LogP contribution in [0.1, 0.15) is 0 Å². The van der Waals surface area contributed by atoms with E-state index in [4.69, 9.17) is 0 Å². The summed E-state index contributed by atoms with van der Waals surface area (Å²) >= 11 is 0. The van der Waals surface area contributed by atoms with Gasteiger partial charge in [-0.1, -0.05) is 0 Å².